The number of aromatic nitrogens is 3. The summed E-state index contributed by atoms with van der Waals surface area (Å²) in [5.41, 5.74) is 2.35. The summed E-state index contributed by atoms with van der Waals surface area (Å²) in [5, 5.41) is 5.88. The van der Waals surface area contributed by atoms with Gasteiger partial charge >= 0.3 is 5.69 Å². The molecule has 0 amide bonds. The molecule has 142 valence electrons. The highest BCUT2D eigenvalue weighted by Crippen LogP contribution is 2.39. The van der Waals surface area contributed by atoms with Crippen LogP contribution in [0.2, 0.25) is 0 Å². The summed E-state index contributed by atoms with van der Waals surface area (Å²) in [7, 11) is -3.77. The molecule has 4 aromatic rings. The molecule has 2 aromatic carbocycles. The highest BCUT2D eigenvalue weighted by molar-refractivity contribution is 7.89. The van der Waals surface area contributed by atoms with Crippen molar-refractivity contribution in [1.29, 1.82) is 0 Å². The second-order valence-electron chi connectivity index (χ2n) is 6.42. The molecule has 0 spiro atoms. The van der Waals surface area contributed by atoms with Gasteiger partial charge in [-0.1, -0.05) is 12.1 Å². The minimum absolute atomic E-state index is 0.0184. The van der Waals surface area contributed by atoms with Gasteiger partial charge in [0.25, 0.3) is 0 Å². The fourth-order valence-electron chi connectivity index (χ4n) is 3.40. The molecule has 28 heavy (non-hydrogen) atoms. The van der Waals surface area contributed by atoms with Crippen molar-refractivity contribution in [2.75, 3.05) is 6.79 Å². The molecule has 1 aliphatic rings. The number of rotatable bonds is 3. The fourth-order valence-corrected chi connectivity index (χ4v) is 3.91. The van der Waals surface area contributed by atoms with Crippen molar-refractivity contribution in [3.05, 3.63) is 58.6 Å². The summed E-state index contributed by atoms with van der Waals surface area (Å²) < 4.78 is 35.3. The Morgan fingerprint density at radius 3 is 2.68 bits per heavy atom. The van der Waals surface area contributed by atoms with Gasteiger partial charge in [0.15, 0.2) is 11.5 Å². The lowest BCUT2D eigenvalue weighted by Gasteiger charge is -2.08. The summed E-state index contributed by atoms with van der Waals surface area (Å²) >= 11 is 0. The van der Waals surface area contributed by atoms with Gasteiger partial charge in [-0.15, -0.1) is 0 Å². The molecular weight excluding hydrogens is 384 g/mol. The van der Waals surface area contributed by atoms with Crippen LogP contribution in [0.15, 0.2) is 52.3 Å². The predicted octanol–water partition coefficient (Wildman–Crippen LogP) is 1.30. The van der Waals surface area contributed by atoms with E-state index in [1.54, 1.807) is 29.0 Å². The zero-order chi connectivity index (χ0) is 19.5. The zero-order valence-electron chi connectivity index (χ0n) is 14.4. The van der Waals surface area contributed by atoms with Crippen LogP contribution < -0.4 is 20.3 Å². The number of sulfonamides is 1. The Hall–Kier alpha value is -3.37. The van der Waals surface area contributed by atoms with Crippen LogP contribution in [0.25, 0.3) is 21.9 Å². The van der Waals surface area contributed by atoms with E-state index in [-0.39, 0.29) is 23.9 Å². The third-order valence-electron chi connectivity index (χ3n) is 4.70. The third-order valence-corrected chi connectivity index (χ3v) is 5.62. The smallest absolute Gasteiger partial charge is 0.326 e. The van der Waals surface area contributed by atoms with Gasteiger partial charge in [0.05, 0.1) is 28.7 Å². The number of hydrogen-bond acceptors (Lipinski definition) is 6. The van der Waals surface area contributed by atoms with E-state index in [0.29, 0.717) is 28.0 Å². The van der Waals surface area contributed by atoms with Crippen LogP contribution in [0.1, 0.15) is 5.56 Å². The fraction of sp³-hybridized carbons (Fsp3) is 0.111. The maximum atomic E-state index is 12.6. The van der Waals surface area contributed by atoms with Crippen LogP contribution in [0, 0.1) is 0 Å². The van der Waals surface area contributed by atoms with Gasteiger partial charge in [-0.25, -0.2) is 23.3 Å². The second kappa shape index (κ2) is 5.81. The SMILES string of the molecule is NS(=O)(=O)c1ccc(Cn2c(=O)[nH]c3cnc4c5c(ccc4c32)OCO5)cc1. The van der Waals surface area contributed by atoms with Crippen molar-refractivity contribution in [1.82, 2.24) is 14.5 Å². The van der Waals surface area contributed by atoms with E-state index in [1.807, 2.05) is 6.07 Å². The highest BCUT2D eigenvalue weighted by atomic mass is 32.2. The van der Waals surface area contributed by atoms with Gasteiger partial charge in [-0.2, -0.15) is 0 Å². The molecule has 10 heteroatoms. The molecule has 0 atom stereocenters. The number of nitrogens with zero attached hydrogens (tertiary/aromatic N) is 2. The first-order valence-corrected chi connectivity index (χ1v) is 9.88. The summed E-state index contributed by atoms with van der Waals surface area (Å²) in [4.78, 5) is 19.8. The van der Waals surface area contributed by atoms with Crippen LogP contribution in [-0.4, -0.2) is 29.7 Å². The van der Waals surface area contributed by atoms with E-state index >= 15 is 0 Å². The van der Waals surface area contributed by atoms with Gasteiger partial charge in [-0.05, 0) is 29.8 Å². The number of fused-ring (bicyclic) bond motifs is 5. The molecule has 0 saturated heterocycles. The first kappa shape index (κ1) is 16.8. The summed E-state index contributed by atoms with van der Waals surface area (Å²) in [5.74, 6) is 1.17. The van der Waals surface area contributed by atoms with E-state index in [9.17, 15) is 13.2 Å². The molecule has 3 N–H and O–H groups in total. The minimum atomic E-state index is -3.77. The third kappa shape index (κ3) is 2.53. The predicted molar refractivity (Wildman–Crippen MR) is 101 cm³/mol. The Bertz CT molecular complexity index is 1400. The van der Waals surface area contributed by atoms with E-state index in [4.69, 9.17) is 14.6 Å². The summed E-state index contributed by atoms with van der Waals surface area (Å²) in [6, 6.07) is 9.72. The Labute approximate surface area is 158 Å². The molecular formula is C18H14N4O5S. The Kier molecular flexibility index (Phi) is 3.48. The molecule has 0 unspecified atom stereocenters. The second-order valence-corrected chi connectivity index (χ2v) is 7.98. The molecule has 2 aromatic heterocycles. The maximum Gasteiger partial charge on any atom is 0.326 e. The zero-order valence-corrected chi connectivity index (χ0v) is 15.2. The lowest BCUT2D eigenvalue weighted by Crippen LogP contribution is -2.17. The lowest BCUT2D eigenvalue weighted by molar-refractivity contribution is 0.174. The Balaban J connectivity index is 1.67. The Morgan fingerprint density at radius 2 is 1.93 bits per heavy atom. The van der Waals surface area contributed by atoms with Crippen LogP contribution in [0.5, 0.6) is 11.5 Å². The molecule has 5 rings (SSSR count). The molecule has 9 nitrogen and oxygen atoms in total. The van der Waals surface area contributed by atoms with Gasteiger partial charge < -0.3 is 14.5 Å². The van der Waals surface area contributed by atoms with Gasteiger partial charge in [-0.3, -0.25) is 4.57 Å². The quantitative estimate of drug-likeness (QED) is 0.535. The monoisotopic (exact) mass is 398 g/mol. The van der Waals surface area contributed by atoms with Gasteiger partial charge in [0.2, 0.25) is 16.8 Å². The van der Waals surface area contributed by atoms with E-state index < -0.39 is 10.0 Å². The van der Waals surface area contributed by atoms with Crippen molar-refractivity contribution in [3.8, 4) is 11.5 Å². The number of ether oxygens (including phenoxy) is 2. The number of aromatic amines is 1. The maximum absolute atomic E-state index is 12.6. The summed E-state index contributed by atoms with van der Waals surface area (Å²) in [6.45, 7) is 0.377. The highest BCUT2D eigenvalue weighted by Gasteiger charge is 2.21. The molecule has 1 aliphatic heterocycles. The summed E-state index contributed by atoms with van der Waals surface area (Å²) in [6.07, 6.45) is 1.58. The minimum Gasteiger partial charge on any atom is -0.454 e. The van der Waals surface area contributed by atoms with Crippen molar-refractivity contribution in [2.45, 2.75) is 11.4 Å². The van der Waals surface area contributed by atoms with E-state index in [1.165, 1.54) is 12.1 Å². The lowest BCUT2D eigenvalue weighted by atomic mass is 10.1. The standard InChI is InChI=1S/C18H14N4O5S/c19-28(24,25)11-3-1-10(2-4-11)8-22-16-12-5-6-14-17(27-9-26-14)15(12)20-7-13(16)21-18(22)23/h1-7H,8-9H2,(H,21,23)(H2,19,24,25). The number of hydrogen-bond donors (Lipinski definition) is 2. The normalized spacial score (nSPS) is 13.5. The van der Waals surface area contributed by atoms with Crippen LogP contribution in [0.4, 0.5) is 0 Å². The molecule has 3 heterocycles. The van der Waals surface area contributed by atoms with Gasteiger partial charge in [0, 0.05) is 5.39 Å². The largest absolute Gasteiger partial charge is 0.454 e. The molecule has 0 saturated carbocycles. The van der Waals surface area contributed by atoms with Crippen molar-refractivity contribution < 1.29 is 17.9 Å². The number of nitrogens with two attached hydrogens (primary N) is 1. The van der Waals surface area contributed by atoms with Crippen molar-refractivity contribution in [2.24, 2.45) is 5.14 Å². The number of H-pyrrole nitrogens is 1. The Morgan fingerprint density at radius 1 is 1.14 bits per heavy atom. The van der Waals surface area contributed by atoms with E-state index in [2.05, 4.69) is 9.97 Å². The van der Waals surface area contributed by atoms with Crippen molar-refractivity contribution in [3.63, 3.8) is 0 Å². The number of nitrogens with one attached hydrogen (secondary N) is 1. The van der Waals surface area contributed by atoms with Gasteiger partial charge in [0.1, 0.15) is 5.52 Å². The molecule has 0 bridgehead atoms. The number of primary sulfonamides is 1. The number of pyridine rings is 1. The van der Waals surface area contributed by atoms with Crippen molar-refractivity contribution >= 4 is 32.0 Å². The number of benzene rings is 2. The van der Waals surface area contributed by atoms with Crippen LogP contribution in [0.3, 0.4) is 0 Å². The topological polar surface area (TPSA) is 129 Å². The first-order chi connectivity index (χ1) is 13.4. The molecule has 0 aliphatic carbocycles. The average molecular weight is 398 g/mol. The van der Waals surface area contributed by atoms with Crippen LogP contribution in [-0.2, 0) is 16.6 Å². The van der Waals surface area contributed by atoms with E-state index in [0.717, 1.165) is 10.9 Å². The molecule has 0 radical (unpaired) electrons. The first-order valence-electron chi connectivity index (χ1n) is 8.33. The van der Waals surface area contributed by atoms with Crippen LogP contribution >= 0.6 is 0 Å². The molecule has 0 fully saturated rings. The average Bonchev–Trinajstić information content (AvgIpc) is 3.26. The number of imidazole rings is 1.